The Bertz CT molecular complexity index is 1270. The van der Waals surface area contributed by atoms with Crippen LogP contribution in [-0.2, 0) is 6.54 Å². The lowest BCUT2D eigenvalue weighted by molar-refractivity contribution is 0.0941. The molecule has 1 heterocycles. The molecule has 0 saturated carbocycles. The van der Waals surface area contributed by atoms with E-state index in [2.05, 4.69) is 10.4 Å². The number of amides is 1. The second kappa shape index (κ2) is 9.88. The van der Waals surface area contributed by atoms with Gasteiger partial charge in [-0.15, -0.1) is 0 Å². The molecule has 2 aromatic carbocycles. The first-order chi connectivity index (χ1) is 15.2. The Hall–Kier alpha value is -3.30. The minimum absolute atomic E-state index is 0.130. The Morgan fingerprint density at radius 1 is 1.19 bits per heavy atom. The number of halogens is 2. The van der Waals surface area contributed by atoms with E-state index in [4.69, 9.17) is 11.6 Å². The van der Waals surface area contributed by atoms with Crippen molar-refractivity contribution < 1.29 is 9.18 Å². The van der Waals surface area contributed by atoms with Crippen LogP contribution >= 0.6 is 11.6 Å². The summed E-state index contributed by atoms with van der Waals surface area (Å²) in [6.45, 7) is 2.26. The fraction of sp³-hybridized carbons (Fsp3) is 0.273. The van der Waals surface area contributed by atoms with Crippen LogP contribution in [0.2, 0.25) is 5.02 Å². The molecule has 0 radical (unpaired) electrons. The van der Waals surface area contributed by atoms with Crippen LogP contribution in [0.1, 0.15) is 21.6 Å². The number of nitrogens with zero attached hydrogens (tertiary/aromatic N) is 4. The van der Waals surface area contributed by atoms with Gasteiger partial charge in [-0.1, -0.05) is 35.9 Å². The molecular formula is C22H23ClFN5O3. The van der Waals surface area contributed by atoms with Crippen LogP contribution in [0.3, 0.4) is 0 Å². The summed E-state index contributed by atoms with van der Waals surface area (Å²) in [7, 11) is 3.68. The van der Waals surface area contributed by atoms with E-state index in [-0.39, 0.29) is 24.3 Å². The van der Waals surface area contributed by atoms with Crippen molar-refractivity contribution in [1.82, 2.24) is 24.6 Å². The molecule has 0 spiro atoms. The van der Waals surface area contributed by atoms with Crippen molar-refractivity contribution in [1.29, 1.82) is 0 Å². The summed E-state index contributed by atoms with van der Waals surface area (Å²) in [6.07, 6.45) is 0. The van der Waals surface area contributed by atoms with E-state index < -0.39 is 28.7 Å². The number of likely N-dealkylation sites (N-methyl/N-ethyl adjacent to an activating group) is 1. The van der Waals surface area contributed by atoms with Gasteiger partial charge in [0.05, 0.1) is 12.2 Å². The second-order valence-corrected chi connectivity index (χ2v) is 7.93. The van der Waals surface area contributed by atoms with E-state index in [9.17, 15) is 18.8 Å². The number of benzene rings is 2. The summed E-state index contributed by atoms with van der Waals surface area (Å²) in [4.78, 5) is 40.7. The van der Waals surface area contributed by atoms with Crippen LogP contribution in [0.4, 0.5) is 4.39 Å². The zero-order chi connectivity index (χ0) is 23.4. The Morgan fingerprint density at radius 3 is 2.56 bits per heavy atom. The van der Waals surface area contributed by atoms with Gasteiger partial charge in [0.2, 0.25) is 5.69 Å². The molecule has 0 fully saturated rings. The average molecular weight is 460 g/mol. The van der Waals surface area contributed by atoms with Crippen molar-refractivity contribution in [3.05, 3.63) is 91.0 Å². The highest BCUT2D eigenvalue weighted by Gasteiger charge is 2.21. The Morgan fingerprint density at radius 2 is 1.91 bits per heavy atom. The summed E-state index contributed by atoms with van der Waals surface area (Å²) in [5.74, 6) is -1.30. The third-order valence-electron chi connectivity index (χ3n) is 4.81. The molecule has 3 rings (SSSR count). The molecule has 0 atom stereocenters. The molecule has 32 heavy (non-hydrogen) atoms. The number of carbonyl (C=O) groups excluding carboxylic acids is 1. The predicted molar refractivity (Wildman–Crippen MR) is 120 cm³/mol. The number of hydrogen-bond acceptors (Lipinski definition) is 5. The highest BCUT2D eigenvalue weighted by atomic mass is 35.5. The number of rotatable bonds is 7. The standard InChI is InChI=1S/C22H23ClFN5O3/c1-14-8-9-16(12-17(14)23)29-22(32)28(13-15-6-4-5-7-18(15)24)21(31)19(26-29)20(30)25-10-11-27(2)3/h4-9,12H,10-11,13H2,1-3H3,(H,25,30). The van der Waals surface area contributed by atoms with Gasteiger partial charge in [-0.3, -0.25) is 14.2 Å². The van der Waals surface area contributed by atoms with Crippen LogP contribution in [0.15, 0.2) is 52.1 Å². The number of aromatic nitrogens is 3. The largest absolute Gasteiger partial charge is 0.352 e. The first-order valence-electron chi connectivity index (χ1n) is 9.86. The molecule has 0 bridgehead atoms. The van der Waals surface area contributed by atoms with Gasteiger partial charge < -0.3 is 10.2 Å². The average Bonchev–Trinajstić information content (AvgIpc) is 2.74. The predicted octanol–water partition coefficient (Wildman–Crippen LogP) is 1.83. The molecule has 8 nitrogen and oxygen atoms in total. The molecule has 0 aliphatic carbocycles. The lowest BCUT2D eigenvalue weighted by Crippen LogP contribution is -2.46. The Labute approximate surface area is 188 Å². The van der Waals surface area contributed by atoms with Crippen molar-refractivity contribution in [3.63, 3.8) is 0 Å². The normalized spacial score (nSPS) is 11.1. The highest BCUT2D eigenvalue weighted by Crippen LogP contribution is 2.18. The molecular weight excluding hydrogens is 437 g/mol. The van der Waals surface area contributed by atoms with E-state index >= 15 is 0 Å². The molecule has 3 aromatic rings. The zero-order valence-electron chi connectivity index (χ0n) is 17.9. The van der Waals surface area contributed by atoms with E-state index in [1.807, 2.05) is 19.0 Å². The number of carbonyl (C=O) groups is 1. The van der Waals surface area contributed by atoms with Gasteiger partial charge in [0.25, 0.3) is 11.5 Å². The summed E-state index contributed by atoms with van der Waals surface area (Å²) in [5.41, 5.74) is -1.01. The first kappa shape index (κ1) is 23.4. The molecule has 1 amide bonds. The zero-order valence-corrected chi connectivity index (χ0v) is 18.7. The maximum absolute atomic E-state index is 14.2. The van der Waals surface area contributed by atoms with E-state index in [0.29, 0.717) is 11.6 Å². The van der Waals surface area contributed by atoms with Gasteiger partial charge in [0.15, 0.2) is 0 Å². The van der Waals surface area contributed by atoms with Crippen LogP contribution in [0, 0.1) is 12.7 Å². The van der Waals surface area contributed by atoms with E-state index in [1.54, 1.807) is 25.1 Å². The van der Waals surface area contributed by atoms with Gasteiger partial charge in [-0.25, -0.2) is 9.18 Å². The third kappa shape index (κ3) is 5.12. The van der Waals surface area contributed by atoms with E-state index in [0.717, 1.165) is 14.8 Å². The van der Waals surface area contributed by atoms with Crippen molar-refractivity contribution in [2.75, 3.05) is 27.2 Å². The van der Waals surface area contributed by atoms with E-state index in [1.165, 1.54) is 24.3 Å². The fourth-order valence-electron chi connectivity index (χ4n) is 2.95. The van der Waals surface area contributed by atoms with Crippen LogP contribution in [0.25, 0.3) is 5.69 Å². The SMILES string of the molecule is Cc1ccc(-n2nc(C(=O)NCCN(C)C)c(=O)n(Cc3ccccc3F)c2=O)cc1Cl. The third-order valence-corrected chi connectivity index (χ3v) is 5.21. The van der Waals surface area contributed by atoms with Crippen LogP contribution in [0.5, 0.6) is 0 Å². The number of aryl methyl sites for hydroxylation is 1. The smallest absolute Gasteiger partial charge is 0.349 e. The molecule has 1 aromatic heterocycles. The molecule has 0 aliphatic heterocycles. The fourth-order valence-corrected chi connectivity index (χ4v) is 3.13. The van der Waals surface area contributed by atoms with Gasteiger partial charge in [-0.2, -0.15) is 9.78 Å². The lowest BCUT2D eigenvalue weighted by Gasteiger charge is -2.14. The molecule has 0 unspecified atom stereocenters. The monoisotopic (exact) mass is 459 g/mol. The minimum atomic E-state index is -0.907. The Balaban J connectivity index is 2.15. The van der Waals surface area contributed by atoms with Crippen molar-refractivity contribution in [2.24, 2.45) is 0 Å². The lowest BCUT2D eigenvalue weighted by atomic mass is 10.2. The van der Waals surface area contributed by atoms with Gasteiger partial charge in [-0.05, 0) is 44.8 Å². The second-order valence-electron chi connectivity index (χ2n) is 7.52. The van der Waals surface area contributed by atoms with Crippen molar-refractivity contribution in [2.45, 2.75) is 13.5 Å². The molecule has 0 aliphatic rings. The molecule has 1 N–H and O–H groups in total. The topological polar surface area (TPSA) is 89.2 Å². The maximum atomic E-state index is 14.2. The quantitative estimate of drug-likeness (QED) is 0.582. The molecule has 10 heteroatoms. The Kier molecular flexibility index (Phi) is 7.22. The minimum Gasteiger partial charge on any atom is -0.349 e. The summed E-state index contributed by atoms with van der Waals surface area (Å²) in [5, 5.41) is 7.04. The molecule has 0 saturated heterocycles. The van der Waals surface area contributed by atoms with Crippen LogP contribution in [-0.4, -0.2) is 52.3 Å². The number of nitrogens with one attached hydrogen (secondary N) is 1. The first-order valence-corrected chi connectivity index (χ1v) is 10.2. The van der Waals surface area contributed by atoms with Crippen LogP contribution < -0.4 is 16.6 Å². The van der Waals surface area contributed by atoms with Crippen molar-refractivity contribution in [3.8, 4) is 5.69 Å². The van der Waals surface area contributed by atoms with Gasteiger partial charge in [0.1, 0.15) is 5.82 Å². The summed E-state index contributed by atoms with van der Waals surface area (Å²) >= 11 is 6.19. The maximum Gasteiger partial charge on any atom is 0.352 e. The van der Waals surface area contributed by atoms with Gasteiger partial charge >= 0.3 is 5.69 Å². The molecule has 168 valence electrons. The summed E-state index contributed by atoms with van der Waals surface area (Å²) in [6, 6.07) is 10.6. The van der Waals surface area contributed by atoms with Gasteiger partial charge in [0, 0.05) is 23.7 Å². The number of hydrogen-bond donors (Lipinski definition) is 1. The summed E-state index contributed by atoms with van der Waals surface area (Å²) < 4.78 is 15.9. The van der Waals surface area contributed by atoms with Crippen molar-refractivity contribution >= 4 is 17.5 Å². The highest BCUT2D eigenvalue weighted by molar-refractivity contribution is 6.31.